The van der Waals surface area contributed by atoms with E-state index in [0.29, 0.717) is 29.2 Å². The first-order chi connectivity index (χ1) is 13.0. The largest absolute Gasteiger partial charge is 0.469 e. The van der Waals surface area contributed by atoms with Crippen molar-refractivity contribution in [3.8, 4) is 11.3 Å². The van der Waals surface area contributed by atoms with E-state index in [1.165, 1.54) is 25.4 Å². The van der Waals surface area contributed by atoms with Crippen LogP contribution in [0, 0.1) is 11.7 Å². The van der Waals surface area contributed by atoms with Crippen molar-refractivity contribution in [3.05, 3.63) is 54.0 Å². The maximum Gasteiger partial charge on any atom is 0.305 e. The molecule has 0 atom stereocenters. The quantitative estimate of drug-likeness (QED) is 0.814. The third-order valence-corrected chi connectivity index (χ3v) is 5.01. The van der Waals surface area contributed by atoms with Gasteiger partial charge >= 0.3 is 5.97 Å². The van der Waals surface area contributed by atoms with Gasteiger partial charge in [0.15, 0.2) is 0 Å². The van der Waals surface area contributed by atoms with E-state index in [1.807, 2.05) is 0 Å². The summed E-state index contributed by atoms with van der Waals surface area (Å²) in [5, 5.41) is 3.04. The number of pyridine rings is 1. The summed E-state index contributed by atoms with van der Waals surface area (Å²) in [6, 6.07) is 9.72. The summed E-state index contributed by atoms with van der Waals surface area (Å²) >= 11 is 0. The van der Waals surface area contributed by atoms with E-state index >= 15 is 0 Å². The lowest BCUT2D eigenvalue weighted by Gasteiger charge is -2.28. The van der Waals surface area contributed by atoms with Crippen molar-refractivity contribution in [3.63, 3.8) is 0 Å². The predicted molar refractivity (Wildman–Crippen MR) is 99.5 cm³/mol. The van der Waals surface area contributed by atoms with Gasteiger partial charge in [-0.25, -0.2) is 4.39 Å². The molecule has 1 aromatic carbocycles. The Balaban J connectivity index is 1.54. The molecule has 0 spiro atoms. The fraction of sp³-hybridized carbons (Fsp3) is 0.381. The van der Waals surface area contributed by atoms with Crippen molar-refractivity contribution in [2.24, 2.45) is 5.92 Å². The number of aromatic nitrogens is 1. The van der Waals surface area contributed by atoms with Gasteiger partial charge in [0, 0.05) is 24.2 Å². The average Bonchev–Trinajstić information content (AvgIpc) is 2.69. The zero-order valence-corrected chi connectivity index (χ0v) is 15.3. The van der Waals surface area contributed by atoms with Crippen LogP contribution in [0.25, 0.3) is 11.3 Å². The van der Waals surface area contributed by atoms with Gasteiger partial charge in [-0.3, -0.25) is 14.6 Å². The summed E-state index contributed by atoms with van der Waals surface area (Å²) in [4.78, 5) is 28.1. The Bertz CT molecular complexity index is 799. The number of benzene rings is 1. The first-order valence-corrected chi connectivity index (χ1v) is 9.15. The molecule has 6 heteroatoms. The summed E-state index contributed by atoms with van der Waals surface area (Å²) in [6.45, 7) is 0. The van der Waals surface area contributed by atoms with Crippen LogP contribution in [0.2, 0.25) is 0 Å². The Kier molecular flexibility index (Phi) is 6.16. The van der Waals surface area contributed by atoms with Crippen LogP contribution in [0.5, 0.6) is 0 Å². The van der Waals surface area contributed by atoms with Gasteiger partial charge in [0.25, 0.3) is 5.91 Å². The Labute approximate surface area is 158 Å². The smallest absolute Gasteiger partial charge is 0.305 e. The zero-order valence-electron chi connectivity index (χ0n) is 15.3. The van der Waals surface area contributed by atoms with Crippen molar-refractivity contribution in [2.45, 2.75) is 38.1 Å². The van der Waals surface area contributed by atoms with E-state index in [-0.39, 0.29) is 23.7 Å². The lowest BCUT2D eigenvalue weighted by atomic mass is 9.84. The maximum absolute atomic E-state index is 13.3. The van der Waals surface area contributed by atoms with E-state index in [0.717, 1.165) is 25.7 Å². The Morgan fingerprint density at radius 2 is 1.96 bits per heavy atom. The summed E-state index contributed by atoms with van der Waals surface area (Å²) in [7, 11) is 1.40. The number of carbonyl (C=O) groups excluding carboxylic acids is 2. The number of nitrogens with zero attached hydrogens (tertiary/aromatic N) is 1. The van der Waals surface area contributed by atoms with Crippen LogP contribution in [0.4, 0.5) is 4.39 Å². The first-order valence-electron chi connectivity index (χ1n) is 9.15. The Morgan fingerprint density at radius 1 is 1.19 bits per heavy atom. The highest BCUT2D eigenvalue weighted by Crippen LogP contribution is 2.27. The molecule has 1 aromatic heterocycles. The van der Waals surface area contributed by atoms with Gasteiger partial charge in [-0.15, -0.1) is 0 Å². The Morgan fingerprint density at radius 3 is 2.59 bits per heavy atom. The standard InChI is InChI=1S/C21H23FN2O3/c1-27-20(25)11-14-5-8-18(9-6-14)24-21(26)16-7-10-19(23-13-16)15-3-2-4-17(22)12-15/h2-4,7,10,12-14,18H,5-6,8-9,11H2,1H3,(H,24,26). The van der Waals surface area contributed by atoms with Gasteiger partial charge < -0.3 is 10.1 Å². The van der Waals surface area contributed by atoms with Crippen LogP contribution >= 0.6 is 0 Å². The van der Waals surface area contributed by atoms with E-state index < -0.39 is 0 Å². The molecule has 0 unspecified atom stereocenters. The predicted octanol–water partition coefficient (Wildman–Crippen LogP) is 3.74. The minimum Gasteiger partial charge on any atom is -0.469 e. The fourth-order valence-corrected chi connectivity index (χ4v) is 3.45. The lowest BCUT2D eigenvalue weighted by molar-refractivity contribution is -0.142. The lowest BCUT2D eigenvalue weighted by Crippen LogP contribution is -2.38. The number of rotatable bonds is 5. The number of nitrogens with one attached hydrogen (secondary N) is 1. The van der Waals surface area contributed by atoms with Gasteiger partial charge in [0.2, 0.25) is 0 Å². The zero-order chi connectivity index (χ0) is 19.2. The van der Waals surface area contributed by atoms with Crippen LogP contribution in [-0.2, 0) is 9.53 Å². The second-order valence-corrected chi connectivity index (χ2v) is 6.91. The summed E-state index contributed by atoms with van der Waals surface area (Å²) < 4.78 is 18.0. The van der Waals surface area contributed by atoms with Gasteiger partial charge in [-0.05, 0) is 55.9 Å². The molecule has 0 radical (unpaired) electrons. The van der Waals surface area contributed by atoms with Crippen LogP contribution in [0.3, 0.4) is 0 Å². The molecule has 27 heavy (non-hydrogen) atoms. The van der Waals surface area contributed by atoms with Crippen LogP contribution in [0.1, 0.15) is 42.5 Å². The van der Waals surface area contributed by atoms with E-state index in [1.54, 1.807) is 24.3 Å². The van der Waals surface area contributed by atoms with Crippen LogP contribution in [0.15, 0.2) is 42.6 Å². The SMILES string of the molecule is COC(=O)CC1CCC(NC(=O)c2ccc(-c3cccc(F)c3)nc2)CC1. The molecule has 5 nitrogen and oxygen atoms in total. The summed E-state index contributed by atoms with van der Waals surface area (Å²) in [5.74, 6) is -0.326. The van der Waals surface area contributed by atoms with Crippen molar-refractivity contribution in [1.29, 1.82) is 0 Å². The number of halogens is 1. The van der Waals surface area contributed by atoms with Crippen molar-refractivity contribution >= 4 is 11.9 Å². The summed E-state index contributed by atoms with van der Waals surface area (Å²) in [5.41, 5.74) is 1.77. The average molecular weight is 370 g/mol. The second kappa shape index (κ2) is 8.75. The minimum absolute atomic E-state index is 0.106. The molecule has 1 amide bonds. The molecule has 1 aliphatic rings. The molecule has 0 saturated heterocycles. The van der Waals surface area contributed by atoms with Crippen molar-refractivity contribution < 1.29 is 18.7 Å². The van der Waals surface area contributed by atoms with Gasteiger partial charge in [-0.1, -0.05) is 12.1 Å². The first kappa shape index (κ1) is 19.0. The van der Waals surface area contributed by atoms with Gasteiger partial charge in [-0.2, -0.15) is 0 Å². The number of carbonyl (C=O) groups is 2. The van der Waals surface area contributed by atoms with E-state index in [9.17, 15) is 14.0 Å². The van der Waals surface area contributed by atoms with E-state index in [2.05, 4.69) is 10.3 Å². The highest BCUT2D eigenvalue weighted by atomic mass is 19.1. The van der Waals surface area contributed by atoms with Crippen LogP contribution in [-0.4, -0.2) is 30.0 Å². The second-order valence-electron chi connectivity index (χ2n) is 6.91. The molecule has 1 aliphatic carbocycles. The highest BCUT2D eigenvalue weighted by Gasteiger charge is 2.24. The number of ether oxygens (including phenoxy) is 1. The molecule has 3 rings (SSSR count). The number of hydrogen-bond acceptors (Lipinski definition) is 4. The Hall–Kier alpha value is -2.76. The molecule has 0 aliphatic heterocycles. The monoisotopic (exact) mass is 370 g/mol. The van der Waals surface area contributed by atoms with Crippen molar-refractivity contribution in [2.75, 3.05) is 7.11 Å². The van der Waals surface area contributed by atoms with Gasteiger partial charge in [0.05, 0.1) is 18.4 Å². The third-order valence-electron chi connectivity index (χ3n) is 5.01. The minimum atomic E-state index is -0.320. The molecule has 1 heterocycles. The highest BCUT2D eigenvalue weighted by molar-refractivity contribution is 5.94. The van der Waals surface area contributed by atoms with Crippen molar-refractivity contribution in [1.82, 2.24) is 10.3 Å². The molecule has 1 N–H and O–H groups in total. The fourth-order valence-electron chi connectivity index (χ4n) is 3.45. The molecule has 2 aromatic rings. The molecule has 0 bridgehead atoms. The van der Waals surface area contributed by atoms with Gasteiger partial charge in [0.1, 0.15) is 5.82 Å². The normalized spacial score (nSPS) is 19.3. The number of hydrogen-bond donors (Lipinski definition) is 1. The number of esters is 1. The molecule has 1 fully saturated rings. The summed E-state index contributed by atoms with van der Waals surface area (Å²) in [6.07, 6.45) is 5.46. The maximum atomic E-state index is 13.3. The third kappa shape index (κ3) is 5.12. The topological polar surface area (TPSA) is 68.3 Å². The molecular formula is C21H23FN2O3. The van der Waals surface area contributed by atoms with E-state index in [4.69, 9.17) is 4.74 Å². The number of methoxy groups -OCH3 is 1. The molecular weight excluding hydrogens is 347 g/mol. The van der Waals surface area contributed by atoms with Crippen LogP contribution < -0.4 is 5.32 Å². The number of amides is 1. The molecule has 142 valence electrons. The molecule has 1 saturated carbocycles.